The van der Waals surface area contributed by atoms with Crippen molar-refractivity contribution in [2.24, 2.45) is 0 Å². The van der Waals surface area contributed by atoms with Crippen LogP contribution in [0.25, 0.3) is 28.2 Å². The number of ketones is 1. The van der Waals surface area contributed by atoms with Gasteiger partial charge in [0.25, 0.3) is 0 Å². The van der Waals surface area contributed by atoms with Crippen LogP contribution < -0.4 is 16.4 Å². The van der Waals surface area contributed by atoms with Gasteiger partial charge in [0, 0.05) is 17.4 Å². The third-order valence-corrected chi connectivity index (χ3v) is 5.20. The molecule has 0 fully saturated rings. The van der Waals surface area contributed by atoms with Gasteiger partial charge in [-0.25, -0.2) is 18.6 Å². The smallest absolute Gasteiger partial charge is 0.319 e. The largest absolute Gasteiger partial charge is 0.383 e. The van der Waals surface area contributed by atoms with Crippen LogP contribution in [0, 0.1) is 11.6 Å². The predicted molar refractivity (Wildman–Crippen MR) is 124 cm³/mol. The van der Waals surface area contributed by atoms with Gasteiger partial charge >= 0.3 is 6.03 Å². The standard InChI is InChI=1S/C23H20F2N8O2/c1-12(13(2)34)28-23(35)29-16-6-3-5-14(9-16)15-10-17(21(26)27-11-15)22-30-31-32-33(22)19-8-4-7-18(24)20(19)25/h3-12H,1-2H3,(H2,26,27)(H2,28,29,35). The number of anilines is 2. The Morgan fingerprint density at radius 1 is 1.09 bits per heavy atom. The van der Waals surface area contributed by atoms with Crippen molar-refractivity contribution in [1.29, 1.82) is 0 Å². The molecule has 4 N–H and O–H groups in total. The summed E-state index contributed by atoms with van der Waals surface area (Å²) in [4.78, 5) is 27.7. The lowest BCUT2D eigenvalue weighted by atomic mass is 10.0. The van der Waals surface area contributed by atoms with Crippen molar-refractivity contribution in [2.45, 2.75) is 19.9 Å². The van der Waals surface area contributed by atoms with Gasteiger partial charge in [0.05, 0.1) is 11.6 Å². The van der Waals surface area contributed by atoms with E-state index in [-0.39, 0.29) is 23.1 Å². The Morgan fingerprint density at radius 3 is 2.63 bits per heavy atom. The Hall–Kier alpha value is -4.74. The Bertz CT molecular complexity index is 1420. The number of Topliss-reactive ketones (excluding diaryl/α,β-unsaturated/α-hetero) is 1. The van der Waals surface area contributed by atoms with E-state index in [1.807, 2.05) is 0 Å². The number of benzene rings is 2. The van der Waals surface area contributed by atoms with Gasteiger partial charge in [-0.2, -0.15) is 4.68 Å². The maximum atomic E-state index is 14.4. The number of halogens is 2. The summed E-state index contributed by atoms with van der Waals surface area (Å²) >= 11 is 0. The number of nitrogens with zero attached hydrogens (tertiary/aromatic N) is 5. The third-order valence-electron chi connectivity index (χ3n) is 5.20. The number of urea groups is 1. The van der Waals surface area contributed by atoms with Crippen LogP contribution >= 0.6 is 0 Å². The molecular weight excluding hydrogens is 458 g/mol. The minimum atomic E-state index is -1.11. The highest BCUT2D eigenvalue weighted by molar-refractivity contribution is 5.94. The van der Waals surface area contributed by atoms with E-state index < -0.39 is 23.7 Å². The Labute approximate surface area is 198 Å². The van der Waals surface area contributed by atoms with Crippen LogP contribution in [0.5, 0.6) is 0 Å². The maximum Gasteiger partial charge on any atom is 0.319 e. The molecule has 1 unspecified atom stereocenters. The molecule has 2 aromatic heterocycles. The van der Waals surface area contributed by atoms with E-state index in [2.05, 4.69) is 31.1 Å². The summed E-state index contributed by atoms with van der Waals surface area (Å²) in [5.74, 6) is -2.19. The number of carbonyl (C=O) groups excluding carboxylic acids is 2. The van der Waals surface area contributed by atoms with Crippen LogP contribution in [-0.2, 0) is 4.79 Å². The van der Waals surface area contributed by atoms with Gasteiger partial charge in [0.1, 0.15) is 11.5 Å². The summed E-state index contributed by atoms with van der Waals surface area (Å²) in [5, 5.41) is 16.5. The lowest BCUT2D eigenvalue weighted by Gasteiger charge is -2.13. The molecule has 0 aliphatic carbocycles. The van der Waals surface area contributed by atoms with Crippen LogP contribution in [0.1, 0.15) is 13.8 Å². The van der Waals surface area contributed by atoms with Crippen molar-refractivity contribution < 1.29 is 18.4 Å². The molecule has 0 aliphatic rings. The summed E-state index contributed by atoms with van der Waals surface area (Å²) in [7, 11) is 0. The molecule has 0 saturated carbocycles. The molecule has 4 aromatic rings. The lowest BCUT2D eigenvalue weighted by Crippen LogP contribution is -2.39. The molecule has 0 radical (unpaired) electrons. The molecule has 10 nitrogen and oxygen atoms in total. The minimum Gasteiger partial charge on any atom is -0.383 e. The summed E-state index contributed by atoms with van der Waals surface area (Å²) < 4.78 is 29.2. The molecule has 2 heterocycles. The molecule has 0 bridgehead atoms. The molecule has 0 saturated heterocycles. The fourth-order valence-electron chi connectivity index (χ4n) is 3.23. The molecule has 0 spiro atoms. The van der Waals surface area contributed by atoms with Crippen LogP contribution in [0.15, 0.2) is 54.7 Å². The number of nitrogens with two attached hydrogens (primary N) is 1. The molecule has 2 amide bonds. The zero-order chi connectivity index (χ0) is 25.1. The number of tetrazole rings is 1. The SMILES string of the molecule is CC(=O)C(C)NC(=O)Nc1cccc(-c2cnc(N)c(-c3nnnn3-c3cccc(F)c3F)c2)c1. The topological polar surface area (TPSA) is 141 Å². The van der Waals surface area contributed by atoms with E-state index in [0.717, 1.165) is 10.7 Å². The molecule has 35 heavy (non-hydrogen) atoms. The highest BCUT2D eigenvalue weighted by Gasteiger charge is 2.19. The number of amides is 2. The fourth-order valence-corrected chi connectivity index (χ4v) is 3.23. The first-order valence-electron chi connectivity index (χ1n) is 10.4. The zero-order valence-electron chi connectivity index (χ0n) is 18.7. The van der Waals surface area contributed by atoms with Gasteiger partial charge in [-0.15, -0.1) is 5.10 Å². The monoisotopic (exact) mass is 478 g/mol. The lowest BCUT2D eigenvalue weighted by molar-refractivity contribution is -0.118. The van der Waals surface area contributed by atoms with E-state index in [9.17, 15) is 18.4 Å². The fraction of sp³-hybridized carbons (Fsp3) is 0.130. The van der Waals surface area contributed by atoms with Crippen molar-refractivity contribution in [2.75, 3.05) is 11.1 Å². The molecule has 4 rings (SSSR count). The minimum absolute atomic E-state index is 0.0632. The van der Waals surface area contributed by atoms with Gasteiger partial charge in [0.2, 0.25) is 0 Å². The van der Waals surface area contributed by atoms with Crippen LogP contribution in [0.3, 0.4) is 0 Å². The van der Waals surface area contributed by atoms with Crippen LogP contribution in [0.2, 0.25) is 0 Å². The summed E-state index contributed by atoms with van der Waals surface area (Å²) in [6.45, 7) is 2.97. The van der Waals surface area contributed by atoms with E-state index in [4.69, 9.17) is 5.73 Å². The first kappa shape index (κ1) is 23.4. The third kappa shape index (κ3) is 4.95. The van der Waals surface area contributed by atoms with Crippen molar-refractivity contribution >= 4 is 23.3 Å². The van der Waals surface area contributed by atoms with Crippen molar-refractivity contribution in [3.05, 3.63) is 66.4 Å². The second-order valence-electron chi connectivity index (χ2n) is 7.66. The predicted octanol–water partition coefficient (Wildman–Crippen LogP) is 3.35. The molecule has 0 aliphatic heterocycles. The molecule has 2 aromatic carbocycles. The second kappa shape index (κ2) is 9.63. The first-order chi connectivity index (χ1) is 16.7. The Kier molecular flexibility index (Phi) is 6.44. The number of rotatable bonds is 6. The number of pyridine rings is 1. The average Bonchev–Trinajstić information content (AvgIpc) is 3.30. The molecule has 178 valence electrons. The number of aromatic nitrogens is 5. The number of carbonyl (C=O) groups is 2. The summed E-state index contributed by atoms with van der Waals surface area (Å²) in [6.07, 6.45) is 1.52. The molecule has 12 heteroatoms. The second-order valence-corrected chi connectivity index (χ2v) is 7.66. The van der Waals surface area contributed by atoms with E-state index >= 15 is 0 Å². The van der Waals surface area contributed by atoms with E-state index in [1.165, 1.54) is 25.3 Å². The van der Waals surface area contributed by atoms with Crippen LogP contribution in [-0.4, -0.2) is 43.0 Å². The van der Waals surface area contributed by atoms with Crippen molar-refractivity contribution in [1.82, 2.24) is 30.5 Å². The van der Waals surface area contributed by atoms with Crippen LogP contribution in [0.4, 0.5) is 25.1 Å². The Balaban J connectivity index is 1.67. The highest BCUT2D eigenvalue weighted by atomic mass is 19.2. The van der Waals surface area contributed by atoms with Gasteiger partial charge < -0.3 is 16.4 Å². The van der Waals surface area contributed by atoms with Gasteiger partial charge in [-0.05, 0) is 60.2 Å². The quantitative estimate of drug-likeness (QED) is 0.386. The summed E-state index contributed by atoms with van der Waals surface area (Å²) in [6, 6.07) is 11.0. The molecule has 1 atom stereocenters. The number of nitrogen functional groups attached to an aromatic ring is 1. The number of hydrogen-bond donors (Lipinski definition) is 3. The van der Waals surface area contributed by atoms with E-state index in [0.29, 0.717) is 22.4 Å². The average molecular weight is 478 g/mol. The van der Waals surface area contributed by atoms with Gasteiger partial charge in [0.15, 0.2) is 23.2 Å². The normalized spacial score (nSPS) is 11.7. The number of hydrogen-bond acceptors (Lipinski definition) is 7. The maximum absolute atomic E-state index is 14.4. The molecular formula is C23H20F2N8O2. The van der Waals surface area contributed by atoms with Crippen molar-refractivity contribution in [3.8, 4) is 28.2 Å². The highest BCUT2D eigenvalue weighted by Crippen LogP contribution is 2.31. The van der Waals surface area contributed by atoms with Crippen molar-refractivity contribution in [3.63, 3.8) is 0 Å². The summed E-state index contributed by atoms with van der Waals surface area (Å²) in [5.41, 5.74) is 7.91. The van der Waals surface area contributed by atoms with Gasteiger partial charge in [-0.1, -0.05) is 18.2 Å². The van der Waals surface area contributed by atoms with E-state index in [1.54, 1.807) is 37.3 Å². The number of nitrogens with one attached hydrogen (secondary N) is 2. The zero-order valence-corrected chi connectivity index (χ0v) is 18.7. The first-order valence-corrected chi connectivity index (χ1v) is 10.4. The van der Waals surface area contributed by atoms with Gasteiger partial charge in [-0.3, -0.25) is 4.79 Å². The Morgan fingerprint density at radius 2 is 1.86 bits per heavy atom.